The van der Waals surface area contributed by atoms with Crippen LogP contribution in [0, 0.1) is 10.1 Å². The second-order valence-electron chi connectivity index (χ2n) is 7.04. The number of nitro benzene ring substituents is 1. The quantitative estimate of drug-likeness (QED) is 0.397. The molecule has 0 saturated carbocycles. The van der Waals surface area contributed by atoms with Crippen LogP contribution >= 0.6 is 0 Å². The topological polar surface area (TPSA) is 102 Å². The van der Waals surface area contributed by atoms with Crippen molar-refractivity contribution in [3.05, 3.63) is 62.6 Å². The summed E-state index contributed by atoms with van der Waals surface area (Å²) in [5.74, 6) is -1.30. The summed E-state index contributed by atoms with van der Waals surface area (Å²) in [5, 5.41) is 11.4. The summed E-state index contributed by atoms with van der Waals surface area (Å²) in [7, 11) is 1.86. The average molecular weight is 415 g/mol. The number of rotatable bonds is 6. The number of hydrogen-bond acceptors (Lipinski definition) is 8. The normalized spacial score (nSPS) is 18.5. The summed E-state index contributed by atoms with van der Waals surface area (Å²) in [6, 6.07) is 5.98. The van der Waals surface area contributed by atoms with Crippen LogP contribution in [0.4, 0.5) is 5.69 Å². The Morgan fingerprint density at radius 3 is 2.37 bits per heavy atom. The minimum Gasteiger partial charge on any atom is -0.463 e. The fourth-order valence-electron chi connectivity index (χ4n) is 4.02. The van der Waals surface area contributed by atoms with Gasteiger partial charge in [0.1, 0.15) is 5.82 Å². The average Bonchev–Trinajstić information content (AvgIpc) is 3.10. The van der Waals surface area contributed by atoms with Gasteiger partial charge >= 0.3 is 11.9 Å². The number of nitro groups is 1. The van der Waals surface area contributed by atoms with E-state index in [2.05, 4.69) is 0 Å². The molecule has 3 rings (SSSR count). The Morgan fingerprint density at radius 1 is 1.13 bits per heavy atom. The maximum absolute atomic E-state index is 13.1. The molecule has 1 atom stereocenters. The van der Waals surface area contributed by atoms with Gasteiger partial charge in [-0.2, -0.15) is 0 Å². The third-order valence-corrected chi connectivity index (χ3v) is 5.29. The number of carbonyl (C=O) groups is 2. The second-order valence-corrected chi connectivity index (χ2v) is 7.04. The van der Waals surface area contributed by atoms with Gasteiger partial charge < -0.3 is 19.3 Å². The largest absolute Gasteiger partial charge is 0.463 e. The number of allylic oxidation sites excluding steroid dienone is 1. The lowest BCUT2D eigenvalue weighted by atomic mass is 9.80. The van der Waals surface area contributed by atoms with E-state index in [0.717, 1.165) is 0 Å². The first-order valence-electron chi connectivity index (χ1n) is 9.83. The van der Waals surface area contributed by atoms with E-state index in [4.69, 9.17) is 9.47 Å². The number of fused-ring (bicyclic) bond motifs is 1. The van der Waals surface area contributed by atoms with E-state index in [1.807, 2.05) is 16.8 Å². The molecule has 0 aliphatic carbocycles. The van der Waals surface area contributed by atoms with Crippen LogP contribution in [0.15, 0.2) is 46.9 Å². The van der Waals surface area contributed by atoms with Crippen molar-refractivity contribution in [1.82, 2.24) is 9.80 Å². The summed E-state index contributed by atoms with van der Waals surface area (Å²) in [6.45, 7) is 6.81. The molecular weight excluding hydrogens is 390 g/mol. The SMILES string of the molecule is CCOC(=O)C1=C(C)N2CCN(C)C2=C(C(=O)OCC)C1c1cccc([N+](=O)[O-])c1. The van der Waals surface area contributed by atoms with E-state index in [9.17, 15) is 19.7 Å². The molecule has 1 saturated heterocycles. The van der Waals surface area contributed by atoms with E-state index < -0.39 is 22.8 Å². The Labute approximate surface area is 174 Å². The first-order valence-corrected chi connectivity index (χ1v) is 9.83. The van der Waals surface area contributed by atoms with Gasteiger partial charge in [-0.15, -0.1) is 0 Å². The molecule has 2 heterocycles. The summed E-state index contributed by atoms with van der Waals surface area (Å²) in [4.78, 5) is 40.8. The van der Waals surface area contributed by atoms with E-state index in [0.29, 0.717) is 35.7 Å². The molecule has 1 fully saturated rings. The van der Waals surface area contributed by atoms with Crippen LogP contribution in [0.1, 0.15) is 32.3 Å². The number of benzene rings is 1. The number of carbonyl (C=O) groups excluding carboxylic acids is 2. The number of ether oxygens (including phenoxy) is 2. The minimum atomic E-state index is -0.838. The third kappa shape index (κ3) is 3.62. The van der Waals surface area contributed by atoms with Crippen LogP contribution < -0.4 is 0 Å². The lowest BCUT2D eigenvalue weighted by molar-refractivity contribution is -0.384. The van der Waals surface area contributed by atoms with Crippen LogP contribution in [-0.2, 0) is 19.1 Å². The van der Waals surface area contributed by atoms with Crippen LogP contribution in [0.5, 0.6) is 0 Å². The lowest BCUT2D eigenvalue weighted by Gasteiger charge is -2.36. The fraction of sp³-hybridized carbons (Fsp3) is 0.429. The van der Waals surface area contributed by atoms with Crippen LogP contribution in [0.25, 0.3) is 0 Å². The van der Waals surface area contributed by atoms with Gasteiger partial charge in [-0.1, -0.05) is 12.1 Å². The van der Waals surface area contributed by atoms with Crippen LogP contribution in [0.3, 0.4) is 0 Å². The third-order valence-electron chi connectivity index (χ3n) is 5.29. The zero-order valence-electron chi connectivity index (χ0n) is 17.5. The first kappa shape index (κ1) is 21.4. The van der Waals surface area contributed by atoms with Crippen molar-refractivity contribution in [2.45, 2.75) is 26.7 Å². The van der Waals surface area contributed by atoms with Gasteiger partial charge in [0.05, 0.1) is 35.2 Å². The maximum atomic E-state index is 13.1. The Morgan fingerprint density at radius 2 is 1.77 bits per heavy atom. The highest BCUT2D eigenvalue weighted by molar-refractivity contribution is 6.00. The molecular formula is C21H25N3O6. The summed E-state index contributed by atoms with van der Waals surface area (Å²) >= 11 is 0. The van der Waals surface area contributed by atoms with E-state index in [1.165, 1.54) is 12.1 Å². The van der Waals surface area contributed by atoms with Gasteiger partial charge in [-0.05, 0) is 26.3 Å². The van der Waals surface area contributed by atoms with Crippen molar-refractivity contribution < 1.29 is 24.0 Å². The molecule has 160 valence electrons. The molecule has 0 N–H and O–H groups in total. The molecule has 0 spiro atoms. The Kier molecular flexibility index (Phi) is 6.09. The molecule has 1 aromatic carbocycles. The summed E-state index contributed by atoms with van der Waals surface area (Å²) in [6.07, 6.45) is 0. The van der Waals surface area contributed by atoms with E-state index >= 15 is 0 Å². The van der Waals surface area contributed by atoms with Crippen molar-refractivity contribution in [1.29, 1.82) is 0 Å². The highest BCUT2D eigenvalue weighted by Crippen LogP contribution is 2.45. The zero-order valence-corrected chi connectivity index (χ0v) is 17.5. The highest BCUT2D eigenvalue weighted by Gasteiger charge is 2.45. The predicted molar refractivity (Wildman–Crippen MR) is 108 cm³/mol. The molecule has 2 aliphatic rings. The highest BCUT2D eigenvalue weighted by atomic mass is 16.6. The number of nitrogens with zero attached hydrogens (tertiary/aromatic N) is 3. The molecule has 1 unspecified atom stereocenters. The van der Waals surface area contributed by atoms with Crippen molar-refractivity contribution in [3.63, 3.8) is 0 Å². The fourth-order valence-corrected chi connectivity index (χ4v) is 4.02. The van der Waals surface area contributed by atoms with Gasteiger partial charge in [0.15, 0.2) is 0 Å². The zero-order chi connectivity index (χ0) is 22.0. The van der Waals surface area contributed by atoms with Crippen molar-refractivity contribution in [3.8, 4) is 0 Å². The molecule has 0 aromatic heterocycles. The van der Waals surface area contributed by atoms with Gasteiger partial charge in [0.25, 0.3) is 5.69 Å². The molecule has 0 bridgehead atoms. The predicted octanol–water partition coefficient (Wildman–Crippen LogP) is 2.55. The maximum Gasteiger partial charge on any atom is 0.338 e. The van der Waals surface area contributed by atoms with Gasteiger partial charge in [-0.3, -0.25) is 10.1 Å². The Balaban J connectivity index is 2.29. The number of non-ortho nitro benzene ring substituents is 1. The number of hydrogen-bond donors (Lipinski definition) is 0. The minimum absolute atomic E-state index is 0.122. The smallest absolute Gasteiger partial charge is 0.338 e. The summed E-state index contributed by atoms with van der Waals surface area (Å²) < 4.78 is 10.6. The van der Waals surface area contributed by atoms with Gasteiger partial charge in [0, 0.05) is 38.0 Å². The lowest BCUT2D eigenvalue weighted by Crippen LogP contribution is -2.36. The first-order chi connectivity index (χ1) is 14.3. The Bertz CT molecular complexity index is 952. The molecule has 0 amide bonds. The summed E-state index contributed by atoms with van der Waals surface area (Å²) in [5.41, 5.74) is 1.58. The van der Waals surface area contributed by atoms with Crippen LogP contribution in [0.2, 0.25) is 0 Å². The van der Waals surface area contributed by atoms with Crippen molar-refractivity contribution in [2.75, 3.05) is 33.4 Å². The van der Waals surface area contributed by atoms with Crippen molar-refractivity contribution >= 4 is 17.6 Å². The van der Waals surface area contributed by atoms with Gasteiger partial charge in [0.2, 0.25) is 0 Å². The van der Waals surface area contributed by atoms with Crippen LogP contribution in [-0.4, -0.2) is 60.0 Å². The molecule has 9 nitrogen and oxygen atoms in total. The van der Waals surface area contributed by atoms with Crippen molar-refractivity contribution in [2.24, 2.45) is 0 Å². The molecule has 30 heavy (non-hydrogen) atoms. The number of likely N-dealkylation sites (N-methyl/N-ethyl adjacent to an activating group) is 1. The molecule has 2 aliphatic heterocycles. The molecule has 1 aromatic rings. The monoisotopic (exact) mass is 415 g/mol. The molecule has 9 heteroatoms. The van der Waals surface area contributed by atoms with E-state index in [-0.39, 0.29) is 24.5 Å². The number of esters is 2. The second kappa shape index (κ2) is 8.56. The standard InChI is InChI=1S/C21H25N3O6/c1-5-29-20(25)16-13(3)23-11-10-22(4)19(23)18(21(26)30-6-2)17(16)14-8-7-9-15(12-14)24(27)28/h7-9,12,17H,5-6,10-11H2,1-4H3. The molecule has 0 radical (unpaired) electrons. The Hall–Kier alpha value is -3.36. The van der Waals surface area contributed by atoms with E-state index in [1.54, 1.807) is 32.9 Å². The van der Waals surface area contributed by atoms with Gasteiger partial charge in [-0.25, -0.2) is 9.59 Å².